The van der Waals surface area contributed by atoms with Gasteiger partial charge in [0.25, 0.3) is 5.91 Å². The molecule has 0 radical (unpaired) electrons. The molecular formula is C14H17FN4O. The van der Waals surface area contributed by atoms with E-state index in [1.807, 2.05) is 6.92 Å². The van der Waals surface area contributed by atoms with Crippen LogP contribution in [0.2, 0.25) is 0 Å². The predicted octanol–water partition coefficient (Wildman–Crippen LogP) is 1.64. The van der Waals surface area contributed by atoms with Crippen LogP contribution in [0.5, 0.6) is 0 Å². The fourth-order valence-corrected chi connectivity index (χ4v) is 1.75. The molecule has 0 spiro atoms. The number of aromatic amines is 1. The monoisotopic (exact) mass is 276 g/mol. The average Bonchev–Trinajstić information content (AvgIpc) is 2.95. The van der Waals surface area contributed by atoms with Gasteiger partial charge in [0, 0.05) is 25.2 Å². The van der Waals surface area contributed by atoms with Gasteiger partial charge in [-0.25, -0.2) is 4.39 Å². The number of nitrogens with one attached hydrogen (secondary N) is 1. The average molecular weight is 276 g/mol. The lowest BCUT2D eigenvalue weighted by molar-refractivity contribution is 0.0742. The molecule has 5 nitrogen and oxygen atoms in total. The molecule has 1 aromatic carbocycles. The third-order valence-corrected chi connectivity index (χ3v) is 3.27. The van der Waals surface area contributed by atoms with Crippen molar-refractivity contribution in [3.8, 4) is 11.3 Å². The van der Waals surface area contributed by atoms with Crippen molar-refractivity contribution < 1.29 is 9.18 Å². The zero-order valence-electron chi connectivity index (χ0n) is 11.4. The van der Waals surface area contributed by atoms with Gasteiger partial charge in [-0.1, -0.05) is 0 Å². The normalized spacial score (nSPS) is 12.2. The first-order valence-corrected chi connectivity index (χ1v) is 6.31. The molecule has 3 N–H and O–H groups in total. The molecule has 0 fully saturated rings. The maximum absolute atomic E-state index is 12.9. The Balaban J connectivity index is 2.20. The first-order valence-electron chi connectivity index (χ1n) is 6.31. The molecule has 0 aliphatic heterocycles. The number of benzene rings is 1. The van der Waals surface area contributed by atoms with E-state index in [-0.39, 0.29) is 17.8 Å². The van der Waals surface area contributed by atoms with Crippen molar-refractivity contribution in [2.75, 3.05) is 13.6 Å². The summed E-state index contributed by atoms with van der Waals surface area (Å²) in [6.45, 7) is 2.26. The van der Waals surface area contributed by atoms with Gasteiger partial charge < -0.3 is 10.6 Å². The highest BCUT2D eigenvalue weighted by Gasteiger charge is 2.18. The van der Waals surface area contributed by atoms with Crippen LogP contribution in [0.25, 0.3) is 11.3 Å². The van der Waals surface area contributed by atoms with E-state index in [0.717, 1.165) is 5.56 Å². The Morgan fingerprint density at radius 3 is 2.70 bits per heavy atom. The van der Waals surface area contributed by atoms with Crippen molar-refractivity contribution in [1.82, 2.24) is 15.1 Å². The van der Waals surface area contributed by atoms with Crippen LogP contribution < -0.4 is 5.73 Å². The second-order valence-electron chi connectivity index (χ2n) is 4.67. The molecule has 1 heterocycles. The van der Waals surface area contributed by atoms with Gasteiger partial charge in [0.2, 0.25) is 0 Å². The standard InChI is InChI=1S/C14H17FN4O/c1-9(8-16)19(2)14(20)13-7-12(17-18-13)10-3-5-11(15)6-4-10/h3-7,9H,8,16H2,1-2H3,(H,17,18). The minimum Gasteiger partial charge on any atom is -0.336 e. The lowest BCUT2D eigenvalue weighted by atomic mass is 10.1. The van der Waals surface area contributed by atoms with Gasteiger partial charge in [0.15, 0.2) is 0 Å². The highest BCUT2D eigenvalue weighted by Crippen LogP contribution is 2.18. The summed E-state index contributed by atoms with van der Waals surface area (Å²) >= 11 is 0. The summed E-state index contributed by atoms with van der Waals surface area (Å²) in [6.07, 6.45) is 0. The SMILES string of the molecule is CC(CN)N(C)C(=O)c1cc(-c2ccc(F)cc2)n[nH]1. The van der Waals surface area contributed by atoms with E-state index in [9.17, 15) is 9.18 Å². The minimum atomic E-state index is -0.308. The highest BCUT2D eigenvalue weighted by atomic mass is 19.1. The molecule has 1 atom stereocenters. The minimum absolute atomic E-state index is 0.0555. The van der Waals surface area contributed by atoms with Gasteiger partial charge in [-0.2, -0.15) is 5.10 Å². The van der Waals surface area contributed by atoms with E-state index in [4.69, 9.17) is 5.73 Å². The summed E-state index contributed by atoms with van der Waals surface area (Å²) in [6, 6.07) is 7.54. The Kier molecular flexibility index (Phi) is 4.14. The molecule has 0 saturated carbocycles. The van der Waals surface area contributed by atoms with Gasteiger partial charge in [-0.3, -0.25) is 9.89 Å². The third-order valence-electron chi connectivity index (χ3n) is 3.27. The van der Waals surface area contributed by atoms with Crippen molar-refractivity contribution in [2.24, 2.45) is 5.73 Å². The van der Waals surface area contributed by atoms with Crippen LogP contribution in [-0.4, -0.2) is 40.6 Å². The van der Waals surface area contributed by atoms with Gasteiger partial charge in [-0.15, -0.1) is 0 Å². The molecule has 0 aliphatic rings. The zero-order chi connectivity index (χ0) is 14.7. The van der Waals surface area contributed by atoms with Crippen LogP contribution in [0.15, 0.2) is 30.3 Å². The summed E-state index contributed by atoms with van der Waals surface area (Å²) < 4.78 is 12.9. The van der Waals surface area contributed by atoms with Crippen molar-refractivity contribution in [3.05, 3.63) is 41.8 Å². The first kappa shape index (κ1) is 14.2. The van der Waals surface area contributed by atoms with E-state index in [1.165, 1.54) is 12.1 Å². The molecule has 0 bridgehead atoms. The van der Waals surface area contributed by atoms with E-state index in [0.29, 0.717) is 17.9 Å². The molecule has 2 rings (SSSR count). The van der Waals surface area contributed by atoms with Gasteiger partial charge in [0.1, 0.15) is 11.5 Å². The Morgan fingerprint density at radius 2 is 2.10 bits per heavy atom. The quantitative estimate of drug-likeness (QED) is 0.891. The largest absolute Gasteiger partial charge is 0.336 e. The number of rotatable bonds is 4. The Bertz CT molecular complexity index is 593. The maximum Gasteiger partial charge on any atom is 0.271 e. The topological polar surface area (TPSA) is 75.0 Å². The predicted molar refractivity (Wildman–Crippen MR) is 74.6 cm³/mol. The number of hydrogen-bond acceptors (Lipinski definition) is 3. The third kappa shape index (κ3) is 2.85. The Hall–Kier alpha value is -2.21. The number of halogens is 1. The molecule has 2 aromatic rings. The van der Waals surface area contributed by atoms with E-state index < -0.39 is 0 Å². The summed E-state index contributed by atoms with van der Waals surface area (Å²) in [7, 11) is 1.69. The number of nitrogens with two attached hydrogens (primary N) is 1. The Labute approximate surface area is 116 Å². The fourth-order valence-electron chi connectivity index (χ4n) is 1.75. The van der Waals surface area contributed by atoms with Gasteiger partial charge in [-0.05, 0) is 37.3 Å². The summed E-state index contributed by atoms with van der Waals surface area (Å²) in [4.78, 5) is 13.7. The van der Waals surface area contributed by atoms with Crippen LogP contribution in [0.1, 0.15) is 17.4 Å². The number of nitrogens with zero attached hydrogens (tertiary/aromatic N) is 2. The number of aromatic nitrogens is 2. The second-order valence-corrected chi connectivity index (χ2v) is 4.67. The van der Waals surface area contributed by atoms with Crippen LogP contribution in [0.3, 0.4) is 0 Å². The van der Waals surface area contributed by atoms with Crippen LogP contribution in [0, 0.1) is 5.82 Å². The van der Waals surface area contributed by atoms with Crippen molar-refractivity contribution in [2.45, 2.75) is 13.0 Å². The molecule has 6 heteroatoms. The van der Waals surface area contributed by atoms with Crippen molar-refractivity contribution in [3.63, 3.8) is 0 Å². The summed E-state index contributed by atoms with van der Waals surface area (Å²) in [5, 5.41) is 6.78. The highest BCUT2D eigenvalue weighted by molar-refractivity contribution is 5.93. The molecule has 1 amide bonds. The van der Waals surface area contributed by atoms with E-state index in [2.05, 4.69) is 10.2 Å². The Morgan fingerprint density at radius 1 is 1.45 bits per heavy atom. The number of carbonyl (C=O) groups is 1. The van der Waals surface area contributed by atoms with Crippen LogP contribution >= 0.6 is 0 Å². The second kappa shape index (κ2) is 5.83. The number of likely N-dealkylation sites (N-methyl/N-ethyl adjacent to an activating group) is 1. The molecule has 106 valence electrons. The zero-order valence-corrected chi connectivity index (χ0v) is 11.4. The smallest absolute Gasteiger partial charge is 0.271 e. The van der Waals surface area contributed by atoms with Crippen molar-refractivity contribution in [1.29, 1.82) is 0 Å². The molecule has 0 aliphatic carbocycles. The fraction of sp³-hybridized carbons (Fsp3) is 0.286. The lowest BCUT2D eigenvalue weighted by Crippen LogP contribution is -2.39. The molecule has 20 heavy (non-hydrogen) atoms. The first-order chi connectivity index (χ1) is 9.52. The number of hydrogen-bond donors (Lipinski definition) is 2. The number of H-pyrrole nitrogens is 1. The summed E-state index contributed by atoms with van der Waals surface area (Å²) in [5.74, 6) is -0.485. The van der Waals surface area contributed by atoms with Crippen LogP contribution in [0.4, 0.5) is 4.39 Å². The maximum atomic E-state index is 12.9. The van der Waals surface area contributed by atoms with Crippen molar-refractivity contribution >= 4 is 5.91 Å². The lowest BCUT2D eigenvalue weighted by Gasteiger charge is -2.22. The number of carbonyl (C=O) groups excluding carboxylic acids is 1. The van der Waals surface area contributed by atoms with E-state index >= 15 is 0 Å². The molecular weight excluding hydrogens is 259 g/mol. The number of amides is 1. The van der Waals surface area contributed by atoms with Gasteiger partial charge >= 0.3 is 0 Å². The van der Waals surface area contributed by atoms with Crippen LogP contribution in [-0.2, 0) is 0 Å². The molecule has 1 aromatic heterocycles. The molecule has 1 unspecified atom stereocenters. The summed E-state index contributed by atoms with van der Waals surface area (Å²) in [5.41, 5.74) is 7.27. The molecule has 0 saturated heterocycles. The van der Waals surface area contributed by atoms with E-state index in [1.54, 1.807) is 30.1 Å². The van der Waals surface area contributed by atoms with Gasteiger partial charge in [0.05, 0.1) is 5.69 Å².